The Hall–Kier alpha value is -3.09. The molecule has 2 aromatic heterocycles. The number of carboxylic acid groups (broad SMARTS) is 1. The molecule has 4 aromatic rings. The number of thiophene rings is 1. The molecule has 0 bridgehead atoms. The van der Waals surface area contributed by atoms with Gasteiger partial charge in [0.1, 0.15) is 17.9 Å². The van der Waals surface area contributed by atoms with Gasteiger partial charge in [-0.1, -0.05) is 18.2 Å². The van der Waals surface area contributed by atoms with Crippen LogP contribution in [0, 0.1) is 0 Å². The van der Waals surface area contributed by atoms with E-state index in [4.69, 9.17) is 20.0 Å². The van der Waals surface area contributed by atoms with Crippen LogP contribution in [-0.4, -0.2) is 17.6 Å². The molecule has 0 amide bonds. The van der Waals surface area contributed by atoms with Crippen molar-refractivity contribution < 1.29 is 19.1 Å². The maximum absolute atomic E-state index is 11.1. The van der Waals surface area contributed by atoms with Gasteiger partial charge >= 0.3 is 5.97 Å². The number of hydrogen-bond donors (Lipinski definition) is 2. The zero-order chi connectivity index (χ0) is 20.2. The molecule has 2 aromatic carbocycles. The molecular weight excluding hydrogens is 386 g/mol. The molecule has 0 aliphatic carbocycles. The van der Waals surface area contributed by atoms with Crippen molar-refractivity contribution in [3.63, 3.8) is 0 Å². The van der Waals surface area contributed by atoms with Crippen LogP contribution in [0.5, 0.6) is 5.75 Å². The number of rotatable bonds is 8. The van der Waals surface area contributed by atoms with Gasteiger partial charge < -0.3 is 20.0 Å². The van der Waals surface area contributed by atoms with Gasteiger partial charge in [0.2, 0.25) is 0 Å². The normalized spacial score (nSPS) is 11.1. The molecule has 6 heteroatoms. The number of ether oxygens (including phenoxy) is 1. The Bertz CT molecular complexity index is 1140. The number of carbonyl (C=O) groups is 1. The van der Waals surface area contributed by atoms with E-state index in [1.54, 1.807) is 29.7 Å². The minimum absolute atomic E-state index is 0.0684. The Morgan fingerprint density at radius 3 is 2.86 bits per heavy atom. The lowest BCUT2D eigenvalue weighted by Crippen LogP contribution is -2.04. The fourth-order valence-electron chi connectivity index (χ4n) is 3.35. The Labute approximate surface area is 172 Å². The zero-order valence-corrected chi connectivity index (χ0v) is 16.6. The van der Waals surface area contributed by atoms with Crippen LogP contribution in [0.15, 0.2) is 64.6 Å². The molecule has 4 rings (SSSR count). The van der Waals surface area contributed by atoms with Crippen LogP contribution in [0.25, 0.3) is 22.1 Å². The molecule has 0 atom stereocenters. The number of hydrogen-bond acceptors (Lipinski definition) is 5. The Morgan fingerprint density at radius 1 is 1.17 bits per heavy atom. The summed E-state index contributed by atoms with van der Waals surface area (Å²) in [5, 5.41) is 12.2. The maximum Gasteiger partial charge on any atom is 0.307 e. The Kier molecular flexibility index (Phi) is 5.64. The summed E-state index contributed by atoms with van der Waals surface area (Å²) in [4.78, 5) is 12.3. The number of para-hydroxylation sites is 1. The lowest BCUT2D eigenvalue weighted by molar-refractivity contribution is -0.136. The van der Waals surface area contributed by atoms with Crippen molar-refractivity contribution in [3.8, 4) is 16.9 Å². The average molecular weight is 407 g/mol. The van der Waals surface area contributed by atoms with Crippen LogP contribution in [0.1, 0.15) is 16.0 Å². The lowest BCUT2D eigenvalue weighted by Gasteiger charge is -2.11. The van der Waals surface area contributed by atoms with Crippen LogP contribution in [0.4, 0.5) is 0 Å². The largest absolute Gasteiger partial charge is 0.489 e. The van der Waals surface area contributed by atoms with Gasteiger partial charge in [-0.05, 0) is 59.8 Å². The van der Waals surface area contributed by atoms with Gasteiger partial charge in [0.15, 0.2) is 0 Å². The molecule has 29 heavy (non-hydrogen) atoms. The summed E-state index contributed by atoms with van der Waals surface area (Å²) in [6.45, 7) is 0.963. The van der Waals surface area contributed by atoms with E-state index in [2.05, 4.69) is 17.5 Å². The average Bonchev–Trinajstić information content (AvgIpc) is 3.36. The highest BCUT2D eigenvalue weighted by molar-refractivity contribution is 7.10. The van der Waals surface area contributed by atoms with Crippen LogP contribution in [-0.2, 0) is 24.2 Å². The maximum atomic E-state index is 11.1. The van der Waals surface area contributed by atoms with Crippen LogP contribution >= 0.6 is 11.3 Å². The first-order chi connectivity index (χ1) is 14.1. The molecule has 5 nitrogen and oxygen atoms in total. The molecule has 0 spiro atoms. The predicted octanol–water partition coefficient (Wildman–Crippen LogP) is 4.87. The number of benzene rings is 2. The second-order valence-electron chi connectivity index (χ2n) is 6.79. The quantitative estimate of drug-likeness (QED) is 0.435. The van der Waals surface area contributed by atoms with E-state index in [1.165, 1.54) is 4.88 Å². The third kappa shape index (κ3) is 4.34. The highest BCUT2D eigenvalue weighted by Gasteiger charge is 2.13. The third-order valence-corrected chi connectivity index (χ3v) is 5.67. The minimum Gasteiger partial charge on any atom is -0.489 e. The second kappa shape index (κ2) is 8.51. The van der Waals surface area contributed by atoms with Crippen molar-refractivity contribution in [2.24, 2.45) is 5.73 Å². The molecule has 3 N–H and O–H groups in total. The van der Waals surface area contributed by atoms with E-state index < -0.39 is 5.97 Å². The van der Waals surface area contributed by atoms with E-state index in [0.717, 1.165) is 34.1 Å². The van der Waals surface area contributed by atoms with Gasteiger partial charge in [0, 0.05) is 21.4 Å². The first-order valence-corrected chi connectivity index (χ1v) is 10.2. The summed E-state index contributed by atoms with van der Waals surface area (Å²) < 4.78 is 11.7. The molecule has 0 fully saturated rings. The monoisotopic (exact) mass is 407 g/mol. The number of furan rings is 1. The minimum atomic E-state index is -0.881. The lowest BCUT2D eigenvalue weighted by atomic mass is 10.0. The Morgan fingerprint density at radius 2 is 2.03 bits per heavy atom. The summed E-state index contributed by atoms with van der Waals surface area (Å²) in [5.41, 5.74) is 10.3. The molecule has 0 unspecified atom stereocenters. The van der Waals surface area contributed by atoms with Crippen LogP contribution < -0.4 is 10.5 Å². The van der Waals surface area contributed by atoms with Crippen molar-refractivity contribution in [1.29, 1.82) is 0 Å². The van der Waals surface area contributed by atoms with Crippen molar-refractivity contribution in [2.75, 3.05) is 6.54 Å². The summed E-state index contributed by atoms with van der Waals surface area (Å²) >= 11 is 1.70. The van der Waals surface area contributed by atoms with Gasteiger partial charge in [-0.15, -0.1) is 11.3 Å². The van der Waals surface area contributed by atoms with Crippen molar-refractivity contribution in [1.82, 2.24) is 0 Å². The molecule has 0 saturated carbocycles. The number of aliphatic carboxylic acids is 1. The van der Waals surface area contributed by atoms with Crippen LogP contribution in [0.2, 0.25) is 0 Å². The third-order valence-electron chi connectivity index (χ3n) is 4.68. The summed E-state index contributed by atoms with van der Waals surface area (Å²) in [5.74, 6) is -0.293. The smallest absolute Gasteiger partial charge is 0.307 e. The molecule has 0 aliphatic heterocycles. The summed E-state index contributed by atoms with van der Waals surface area (Å²) in [6.07, 6.45) is 2.48. The molecular formula is C23H21NO4S. The van der Waals surface area contributed by atoms with E-state index in [-0.39, 0.29) is 6.42 Å². The highest BCUT2D eigenvalue weighted by Crippen LogP contribution is 2.34. The van der Waals surface area contributed by atoms with Gasteiger partial charge in [-0.3, -0.25) is 4.79 Å². The van der Waals surface area contributed by atoms with Gasteiger partial charge in [0.25, 0.3) is 0 Å². The van der Waals surface area contributed by atoms with Gasteiger partial charge in [-0.25, -0.2) is 0 Å². The molecule has 2 heterocycles. The number of carboxylic acids is 1. The highest BCUT2D eigenvalue weighted by atomic mass is 32.1. The Balaban J connectivity index is 1.63. The van der Waals surface area contributed by atoms with Crippen molar-refractivity contribution in [3.05, 3.63) is 76.2 Å². The molecule has 0 radical (unpaired) electrons. The van der Waals surface area contributed by atoms with E-state index >= 15 is 0 Å². The van der Waals surface area contributed by atoms with E-state index in [9.17, 15) is 4.79 Å². The predicted molar refractivity (Wildman–Crippen MR) is 114 cm³/mol. The summed E-state index contributed by atoms with van der Waals surface area (Å²) in [7, 11) is 0. The van der Waals surface area contributed by atoms with Crippen molar-refractivity contribution >= 4 is 28.3 Å². The van der Waals surface area contributed by atoms with Gasteiger partial charge in [-0.2, -0.15) is 0 Å². The van der Waals surface area contributed by atoms with Crippen LogP contribution in [0.3, 0.4) is 0 Å². The number of fused-ring (bicyclic) bond motifs is 1. The SMILES string of the molecule is NCCc1cc(-c2cc(COc3ccccc3CC(=O)O)cc3ccoc23)cs1. The topological polar surface area (TPSA) is 85.7 Å². The fourth-order valence-corrected chi connectivity index (χ4v) is 4.26. The molecule has 0 saturated heterocycles. The summed E-state index contributed by atoms with van der Waals surface area (Å²) in [6, 6.07) is 15.4. The first-order valence-electron chi connectivity index (χ1n) is 9.34. The fraction of sp³-hybridized carbons (Fsp3) is 0.174. The molecule has 148 valence electrons. The number of nitrogens with two attached hydrogens (primary N) is 1. The molecule has 0 aliphatic rings. The standard InChI is InChI=1S/C23H21NO4S/c24-7-5-19-11-18(14-29-19)20-10-15(9-17-6-8-27-23(17)20)13-28-21-4-2-1-3-16(21)12-22(25)26/h1-4,6,8-11,14H,5,7,12-13,24H2,(H,25,26). The zero-order valence-electron chi connectivity index (χ0n) is 15.8. The van der Waals surface area contributed by atoms with E-state index in [1.807, 2.05) is 24.3 Å². The second-order valence-corrected chi connectivity index (χ2v) is 7.79. The van der Waals surface area contributed by atoms with Gasteiger partial charge in [0.05, 0.1) is 12.7 Å². The van der Waals surface area contributed by atoms with E-state index in [0.29, 0.717) is 24.5 Å². The first kappa shape index (κ1) is 19.2. The van der Waals surface area contributed by atoms with Crippen molar-refractivity contribution in [2.45, 2.75) is 19.4 Å².